The first-order chi connectivity index (χ1) is 11.1. The lowest BCUT2D eigenvalue weighted by Gasteiger charge is -2.22. The zero-order valence-corrected chi connectivity index (χ0v) is 15.3. The zero-order valence-electron chi connectivity index (χ0n) is 13.0. The maximum atomic E-state index is 12.3. The molecule has 1 unspecified atom stereocenters. The van der Waals surface area contributed by atoms with Crippen LogP contribution in [0.4, 0.5) is 5.82 Å². The third-order valence-corrected chi connectivity index (χ3v) is 4.56. The Labute approximate surface area is 157 Å². The van der Waals surface area contributed by atoms with E-state index < -0.39 is 0 Å². The average Bonchev–Trinajstić information content (AvgIpc) is 2.98. The van der Waals surface area contributed by atoms with E-state index in [9.17, 15) is 4.79 Å². The number of hydrogen-bond acceptors (Lipinski definition) is 3. The van der Waals surface area contributed by atoms with E-state index in [1.54, 1.807) is 29.1 Å². The topological polar surface area (TPSA) is 59.0 Å². The van der Waals surface area contributed by atoms with Crippen molar-refractivity contribution in [1.29, 1.82) is 0 Å². The lowest BCUT2D eigenvalue weighted by molar-refractivity contribution is -0.120. The summed E-state index contributed by atoms with van der Waals surface area (Å²) in [5.41, 5.74) is 0.898. The Kier molecular flexibility index (Phi) is 6.92. The van der Waals surface area contributed by atoms with Gasteiger partial charge in [-0.15, -0.1) is 12.4 Å². The molecule has 0 radical (unpaired) electrons. The molecule has 1 fully saturated rings. The second-order valence-corrected chi connectivity index (χ2v) is 6.49. The van der Waals surface area contributed by atoms with Crippen molar-refractivity contribution in [3.8, 4) is 0 Å². The van der Waals surface area contributed by atoms with Crippen LogP contribution in [0.5, 0.6) is 0 Å². The highest BCUT2D eigenvalue weighted by molar-refractivity contribution is 6.35. The van der Waals surface area contributed by atoms with Gasteiger partial charge in [-0.3, -0.25) is 4.79 Å². The largest absolute Gasteiger partial charge is 0.316 e. The number of anilines is 1. The number of benzene rings is 1. The molecule has 8 heteroatoms. The fourth-order valence-corrected chi connectivity index (χ4v) is 3.15. The number of nitrogens with zero attached hydrogens (tertiary/aromatic N) is 2. The first kappa shape index (κ1) is 19.1. The van der Waals surface area contributed by atoms with E-state index in [0.29, 0.717) is 22.4 Å². The summed E-state index contributed by atoms with van der Waals surface area (Å²) < 4.78 is 1.73. The van der Waals surface area contributed by atoms with Crippen LogP contribution >= 0.6 is 35.6 Å². The van der Waals surface area contributed by atoms with Crippen LogP contribution in [-0.2, 0) is 11.3 Å². The van der Waals surface area contributed by atoms with Gasteiger partial charge in [0.1, 0.15) is 5.82 Å². The highest BCUT2D eigenvalue weighted by Crippen LogP contribution is 2.23. The van der Waals surface area contributed by atoms with Crippen LogP contribution in [0.15, 0.2) is 30.5 Å². The number of piperidine rings is 1. The summed E-state index contributed by atoms with van der Waals surface area (Å²) in [7, 11) is 0. The molecule has 1 aromatic heterocycles. The first-order valence-electron chi connectivity index (χ1n) is 7.61. The smallest absolute Gasteiger partial charge is 0.229 e. The molecule has 1 aliphatic rings. The molecule has 0 bridgehead atoms. The molecule has 1 amide bonds. The quantitative estimate of drug-likeness (QED) is 0.840. The standard InChI is InChI=1S/C16H18Cl2N4O.ClH/c17-13-4-3-12(14(18)8-13)10-22-15(5-7-20-22)21-16(23)11-2-1-6-19-9-11;/h3-5,7-8,11,19H,1-2,6,9-10H2,(H,21,23);1H. The summed E-state index contributed by atoms with van der Waals surface area (Å²) in [6, 6.07) is 7.15. The summed E-state index contributed by atoms with van der Waals surface area (Å²) in [6.45, 7) is 2.18. The van der Waals surface area contributed by atoms with Gasteiger partial charge in [0, 0.05) is 22.7 Å². The lowest BCUT2D eigenvalue weighted by atomic mass is 9.99. The summed E-state index contributed by atoms with van der Waals surface area (Å²) in [4.78, 5) is 12.3. The molecule has 1 aromatic carbocycles. The number of carbonyl (C=O) groups is 1. The SMILES string of the molecule is Cl.O=C(Nc1ccnn1Cc1ccc(Cl)cc1Cl)C1CCCNC1. The van der Waals surface area contributed by atoms with Crippen molar-refractivity contribution >= 4 is 47.3 Å². The molecule has 24 heavy (non-hydrogen) atoms. The molecular weight excluding hydrogens is 371 g/mol. The zero-order chi connectivity index (χ0) is 16.2. The Bertz CT molecular complexity index is 698. The monoisotopic (exact) mass is 388 g/mol. The molecule has 0 saturated carbocycles. The molecule has 1 atom stereocenters. The summed E-state index contributed by atoms with van der Waals surface area (Å²) in [5.74, 6) is 0.707. The van der Waals surface area contributed by atoms with Gasteiger partial charge in [-0.25, -0.2) is 4.68 Å². The van der Waals surface area contributed by atoms with Crippen molar-refractivity contribution in [2.24, 2.45) is 5.92 Å². The molecule has 2 heterocycles. The van der Waals surface area contributed by atoms with Crippen molar-refractivity contribution < 1.29 is 4.79 Å². The normalized spacial score (nSPS) is 17.2. The van der Waals surface area contributed by atoms with E-state index in [1.165, 1.54) is 0 Å². The van der Waals surface area contributed by atoms with Crippen molar-refractivity contribution in [3.63, 3.8) is 0 Å². The number of hydrogen-bond donors (Lipinski definition) is 2. The van der Waals surface area contributed by atoms with Gasteiger partial charge in [0.25, 0.3) is 0 Å². The number of nitrogens with one attached hydrogen (secondary N) is 2. The molecule has 2 N–H and O–H groups in total. The van der Waals surface area contributed by atoms with Gasteiger partial charge in [-0.05, 0) is 37.1 Å². The maximum absolute atomic E-state index is 12.3. The Morgan fingerprint density at radius 2 is 2.21 bits per heavy atom. The highest BCUT2D eigenvalue weighted by Gasteiger charge is 2.21. The van der Waals surface area contributed by atoms with Crippen LogP contribution in [0.2, 0.25) is 10.0 Å². The first-order valence-corrected chi connectivity index (χ1v) is 8.36. The Hall–Kier alpha value is -1.27. The molecular formula is C16H19Cl3N4O. The number of rotatable bonds is 4. The van der Waals surface area contributed by atoms with Crippen LogP contribution in [0, 0.1) is 5.92 Å². The predicted molar refractivity (Wildman–Crippen MR) is 99.3 cm³/mol. The van der Waals surface area contributed by atoms with Gasteiger partial charge >= 0.3 is 0 Å². The number of halogens is 3. The average molecular weight is 390 g/mol. The number of aromatic nitrogens is 2. The van der Waals surface area contributed by atoms with Crippen LogP contribution in [0.1, 0.15) is 18.4 Å². The van der Waals surface area contributed by atoms with Gasteiger partial charge in [-0.2, -0.15) is 5.10 Å². The fraction of sp³-hybridized carbons (Fsp3) is 0.375. The molecule has 2 aromatic rings. The van der Waals surface area contributed by atoms with Crippen LogP contribution in [-0.4, -0.2) is 28.8 Å². The lowest BCUT2D eigenvalue weighted by Crippen LogP contribution is -2.37. The van der Waals surface area contributed by atoms with Gasteiger partial charge < -0.3 is 10.6 Å². The van der Waals surface area contributed by atoms with Gasteiger partial charge in [0.2, 0.25) is 5.91 Å². The Balaban J connectivity index is 0.00000208. The van der Waals surface area contributed by atoms with Crippen molar-refractivity contribution in [2.45, 2.75) is 19.4 Å². The minimum absolute atomic E-state index is 0. The van der Waals surface area contributed by atoms with Crippen molar-refractivity contribution in [3.05, 3.63) is 46.1 Å². The van der Waals surface area contributed by atoms with Gasteiger partial charge in [-0.1, -0.05) is 29.3 Å². The van der Waals surface area contributed by atoms with Crippen molar-refractivity contribution in [1.82, 2.24) is 15.1 Å². The number of carbonyl (C=O) groups excluding carboxylic acids is 1. The van der Waals surface area contributed by atoms with Gasteiger partial charge in [0.15, 0.2) is 0 Å². The second kappa shape index (κ2) is 8.72. The number of amides is 1. The molecule has 0 aliphatic carbocycles. The van der Waals surface area contributed by atoms with E-state index in [4.69, 9.17) is 23.2 Å². The van der Waals surface area contributed by atoms with Gasteiger partial charge in [0.05, 0.1) is 18.7 Å². The van der Waals surface area contributed by atoms with Crippen LogP contribution in [0.3, 0.4) is 0 Å². The van der Waals surface area contributed by atoms with E-state index in [2.05, 4.69) is 15.7 Å². The summed E-state index contributed by atoms with van der Waals surface area (Å²) in [6.07, 6.45) is 3.60. The third kappa shape index (κ3) is 4.63. The highest BCUT2D eigenvalue weighted by atomic mass is 35.5. The molecule has 1 aliphatic heterocycles. The summed E-state index contributed by atoms with van der Waals surface area (Å²) in [5, 5.41) is 11.7. The molecule has 1 saturated heterocycles. The Morgan fingerprint density at radius 3 is 2.92 bits per heavy atom. The second-order valence-electron chi connectivity index (χ2n) is 5.64. The third-order valence-electron chi connectivity index (χ3n) is 3.97. The van der Waals surface area contributed by atoms with Crippen molar-refractivity contribution in [2.75, 3.05) is 18.4 Å². The van der Waals surface area contributed by atoms with Crippen LogP contribution in [0.25, 0.3) is 0 Å². The van der Waals surface area contributed by atoms with E-state index in [0.717, 1.165) is 31.5 Å². The summed E-state index contributed by atoms with van der Waals surface area (Å²) >= 11 is 12.1. The van der Waals surface area contributed by atoms with E-state index >= 15 is 0 Å². The molecule has 0 spiro atoms. The minimum atomic E-state index is 0. The molecule has 130 valence electrons. The van der Waals surface area contributed by atoms with E-state index in [1.807, 2.05) is 6.07 Å². The fourth-order valence-electron chi connectivity index (χ4n) is 2.68. The van der Waals surface area contributed by atoms with E-state index in [-0.39, 0.29) is 24.2 Å². The Morgan fingerprint density at radius 1 is 1.38 bits per heavy atom. The maximum Gasteiger partial charge on any atom is 0.229 e. The molecule has 3 rings (SSSR count). The van der Waals surface area contributed by atoms with Crippen LogP contribution < -0.4 is 10.6 Å². The predicted octanol–water partition coefficient (Wildman–Crippen LogP) is 3.60. The molecule has 5 nitrogen and oxygen atoms in total. The minimum Gasteiger partial charge on any atom is -0.316 e.